The first-order valence-electron chi connectivity index (χ1n) is 5.48. The van der Waals surface area contributed by atoms with Gasteiger partial charge >= 0.3 is 6.09 Å². The summed E-state index contributed by atoms with van der Waals surface area (Å²) in [6, 6.07) is 7.98. The molecule has 1 heterocycles. The van der Waals surface area contributed by atoms with Gasteiger partial charge in [0, 0.05) is 18.1 Å². The topological polar surface area (TPSA) is 62.2 Å². The van der Waals surface area contributed by atoms with Gasteiger partial charge in [-0.15, -0.1) is 0 Å². The minimum atomic E-state index is -0.985. The van der Waals surface area contributed by atoms with Crippen LogP contribution in [0.2, 0.25) is 0 Å². The van der Waals surface area contributed by atoms with Gasteiger partial charge in [0.2, 0.25) is 0 Å². The molecule has 0 aliphatic carbocycles. The first-order valence-corrected chi connectivity index (χ1v) is 5.48. The number of carboxylic acid groups (broad SMARTS) is 1. The molecule has 1 amide bonds. The van der Waals surface area contributed by atoms with Crippen molar-refractivity contribution in [3.8, 4) is 0 Å². The summed E-state index contributed by atoms with van der Waals surface area (Å²) in [5, 5.41) is 12.0. The summed E-state index contributed by atoms with van der Waals surface area (Å²) in [5.41, 5.74) is 3.24. The van der Waals surface area contributed by atoms with Gasteiger partial charge in [-0.2, -0.15) is 0 Å². The third kappa shape index (κ3) is 2.53. The summed E-state index contributed by atoms with van der Waals surface area (Å²) in [6.45, 7) is 2.44. The zero-order valence-corrected chi connectivity index (χ0v) is 9.60. The number of carbonyl (C=O) groups is 1. The number of amides is 1. The standard InChI is InChI=1S/C13H14N2O2/c1-9-10(6-8-15-13(16)17)4-5-11-3-2-7-14-12(9)11/h2-5,7,15H,6,8H2,1H3,(H,16,17). The molecule has 2 aromatic rings. The third-order valence-corrected chi connectivity index (χ3v) is 2.81. The van der Waals surface area contributed by atoms with E-state index in [0.717, 1.165) is 22.0 Å². The summed E-state index contributed by atoms with van der Waals surface area (Å²) >= 11 is 0. The molecule has 4 heteroatoms. The smallest absolute Gasteiger partial charge is 0.404 e. The van der Waals surface area contributed by atoms with Gasteiger partial charge in [-0.3, -0.25) is 4.98 Å². The Balaban J connectivity index is 2.23. The van der Waals surface area contributed by atoms with E-state index in [0.29, 0.717) is 13.0 Å². The van der Waals surface area contributed by atoms with Crippen molar-refractivity contribution in [2.24, 2.45) is 0 Å². The number of rotatable bonds is 3. The van der Waals surface area contributed by atoms with E-state index in [1.807, 2.05) is 31.2 Å². The van der Waals surface area contributed by atoms with E-state index < -0.39 is 6.09 Å². The monoisotopic (exact) mass is 230 g/mol. The van der Waals surface area contributed by atoms with Gasteiger partial charge in [0.05, 0.1) is 5.52 Å². The van der Waals surface area contributed by atoms with Crippen LogP contribution >= 0.6 is 0 Å². The molecule has 0 atom stereocenters. The summed E-state index contributed by atoms with van der Waals surface area (Å²) in [4.78, 5) is 14.7. The molecule has 1 aromatic carbocycles. The average molecular weight is 230 g/mol. The number of benzene rings is 1. The van der Waals surface area contributed by atoms with Crippen molar-refractivity contribution in [2.45, 2.75) is 13.3 Å². The molecule has 0 saturated heterocycles. The zero-order chi connectivity index (χ0) is 12.3. The predicted octanol–water partition coefficient (Wildman–Crippen LogP) is 2.35. The SMILES string of the molecule is Cc1c(CCNC(=O)O)ccc2cccnc12. The molecule has 0 bridgehead atoms. The van der Waals surface area contributed by atoms with E-state index in [9.17, 15) is 4.79 Å². The number of fused-ring (bicyclic) bond motifs is 1. The summed E-state index contributed by atoms with van der Waals surface area (Å²) in [7, 11) is 0. The maximum atomic E-state index is 10.4. The number of nitrogens with one attached hydrogen (secondary N) is 1. The number of nitrogens with zero attached hydrogens (tertiary/aromatic N) is 1. The minimum Gasteiger partial charge on any atom is -0.465 e. The van der Waals surface area contributed by atoms with Gasteiger partial charge in [0.25, 0.3) is 0 Å². The molecule has 0 saturated carbocycles. The Hall–Kier alpha value is -2.10. The van der Waals surface area contributed by atoms with Crippen molar-refractivity contribution in [2.75, 3.05) is 6.54 Å². The number of aromatic nitrogens is 1. The van der Waals surface area contributed by atoms with Crippen molar-refractivity contribution in [3.05, 3.63) is 41.6 Å². The summed E-state index contributed by atoms with van der Waals surface area (Å²) in [5.74, 6) is 0. The van der Waals surface area contributed by atoms with Crippen LogP contribution < -0.4 is 5.32 Å². The Bertz CT molecular complexity index is 552. The van der Waals surface area contributed by atoms with Crippen LogP contribution in [0.15, 0.2) is 30.5 Å². The fourth-order valence-electron chi connectivity index (χ4n) is 1.91. The molecule has 2 rings (SSSR count). The van der Waals surface area contributed by atoms with E-state index in [4.69, 9.17) is 5.11 Å². The first-order chi connectivity index (χ1) is 8.18. The van der Waals surface area contributed by atoms with Crippen molar-refractivity contribution in [1.29, 1.82) is 0 Å². The van der Waals surface area contributed by atoms with Crippen LogP contribution in [0.25, 0.3) is 10.9 Å². The van der Waals surface area contributed by atoms with Gasteiger partial charge in [-0.25, -0.2) is 4.79 Å². The van der Waals surface area contributed by atoms with Crippen molar-refractivity contribution in [3.63, 3.8) is 0 Å². The Morgan fingerprint density at radius 2 is 2.24 bits per heavy atom. The van der Waals surface area contributed by atoms with Gasteiger partial charge < -0.3 is 10.4 Å². The molecule has 88 valence electrons. The zero-order valence-electron chi connectivity index (χ0n) is 9.60. The van der Waals surface area contributed by atoms with E-state index in [-0.39, 0.29) is 0 Å². The van der Waals surface area contributed by atoms with Crippen LogP contribution in [0.3, 0.4) is 0 Å². The van der Waals surface area contributed by atoms with Crippen LogP contribution in [0, 0.1) is 6.92 Å². The molecule has 4 nitrogen and oxygen atoms in total. The van der Waals surface area contributed by atoms with Crippen LogP contribution in [0.4, 0.5) is 4.79 Å². The Morgan fingerprint density at radius 3 is 3.00 bits per heavy atom. The average Bonchev–Trinajstić information content (AvgIpc) is 2.32. The molecule has 0 spiro atoms. The lowest BCUT2D eigenvalue weighted by atomic mass is 10.0. The molecule has 2 N–H and O–H groups in total. The highest BCUT2D eigenvalue weighted by atomic mass is 16.4. The highest BCUT2D eigenvalue weighted by molar-refractivity contribution is 5.82. The molecule has 1 aromatic heterocycles. The molecule has 17 heavy (non-hydrogen) atoms. The largest absolute Gasteiger partial charge is 0.465 e. The number of hydrogen-bond acceptors (Lipinski definition) is 2. The molecule has 0 radical (unpaired) electrons. The maximum absolute atomic E-state index is 10.4. The molecule has 0 aliphatic rings. The minimum absolute atomic E-state index is 0.425. The van der Waals surface area contributed by atoms with E-state index in [1.165, 1.54) is 0 Å². The second kappa shape index (κ2) is 4.82. The lowest BCUT2D eigenvalue weighted by Gasteiger charge is -2.08. The maximum Gasteiger partial charge on any atom is 0.404 e. The molecular weight excluding hydrogens is 216 g/mol. The Labute approximate surface area is 99.3 Å². The Morgan fingerprint density at radius 1 is 1.41 bits per heavy atom. The fourth-order valence-corrected chi connectivity index (χ4v) is 1.91. The number of hydrogen-bond donors (Lipinski definition) is 2. The van der Waals surface area contributed by atoms with Crippen molar-refractivity contribution >= 4 is 17.0 Å². The van der Waals surface area contributed by atoms with Crippen molar-refractivity contribution < 1.29 is 9.90 Å². The van der Waals surface area contributed by atoms with Gasteiger partial charge in [-0.05, 0) is 30.5 Å². The quantitative estimate of drug-likeness (QED) is 0.850. The van der Waals surface area contributed by atoms with Gasteiger partial charge in [0.1, 0.15) is 0 Å². The van der Waals surface area contributed by atoms with Crippen molar-refractivity contribution in [1.82, 2.24) is 10.3 Å². The van der Waals surface area contributed by atoms with Crippen LogP contribution in [0.1, 0.15) is 11.1 Å². The molecular formula is C13H14N2O2. The number of aryl methyl sites for hydroxylation is 1. The summed E-state index contributed by atoms with van der Waals surface area (Å²) < 4.78 is 0. The van der Waals surface area contributed by atoms with Crippen LogP contribution in [0.5, 0.6) is 0 Å². The van der Waals surface area contributed by atoms with Crippen LogP contribution in [-0.2, 0) is 6.42 Å². The molecule has 0 fully saturated rings. The molecule has 0 unspecified atom stereocenters. The van der Waals surface area contributed by atoms with Gasteiger partial charge in [0.15, 0.2) is 0 Å². The normalized spacial score (nSPS) is 10.4. The fraction of sp³-hybridized carbons (Fsp3) is 0.231. The highest BCUT2D eigenvalue weighted by Gasteiger charge is 2.04. The lowest BCUT2D eigenvalue weighted by molar-refractivity contribution is 0.194. The Kier molecular flexibility index (Phi) is 3.23. The van der Waals surface area contributed by atoms with E-state index in [1.54, 1.807) is 6.20 Å². The first kappa shape index (κ1) is 11.4. The second-order valence-electron chi connectivity index (χ2n) is 3.91. The van der Waals surface area contributed by atoms with E-state index >= 15 is 0 Å². The lowest BCUT2D eigenvalue weighted by Crippen LogP contribution is -2.23. The third-order valence-electron chi connectivity index (χ3n) is 2.81. The van der Waals surface area contributed by atoms with Gasteiger partial charge in [-0.1, -0.05) is 18.2 Å². The number of pyridine rings is 1. The highest BCUT2D eigenvalue weighted by Crippen LogP contribution is 2.19. The molecule has 0 aliphatic heterocycles. The second-order valence-corrected chi connectivity index (χ2v) is 3.91. The summed E-state index contributed by atoms with van der Waals surface area (Å²) in [6.07, 6.45) is 1.47. The van der Waals surface area contributed by atoms with E-state index in [2.05, 4.69) is 10.3 Å². The predicted molar refractivity (Wildman–Crippen MR) is 66.2 cm³/mol. The van der Waals surface area contributed by atoms with Crippen LogP contribution in [-0.4, -0.2) is 22.7 Å².